The van der Waals surface area contributed by atoms with Crippen LogP contribution >= 0.6 is 46.4 Å². The summed E-state index contributed by atoms with van der Waals surface area (Å²) in [5.41, 5.74) is 2.56. The van der Waals surface area contributed by atoms with Gasteiger partial charge in [0, 0.05) is 15.5 Å². The molecular formula is C32H24Cl4O4. The Morgan fingerprint density at radius 3 is 1.32 bits per heavy atom. The normalized spacial score (nSPS) is 14.4. The van der Waals surface area contributed by atoms with Crippen molar-refractivity contribution in [1.82, 2.24) is 0 Å². The number of esters is 2. The Morgan fingerprint density at radius 1 is 0.550 bits per heavy atom. The lowest BCUT2D eigenvalue weighted by atomic mass is 9.65. The van der Waals surface area contributed by atoms with Crippen molar-refractivity contribution >= 4 is 58.3 Å². The number of hydrogen-bond donors (Lipinski definition) is 0. The Morgan fingerprint density at radius 2 is 0.950 bits per heavy atom. The van der Waals surface area contributed by atoms with Gasteiger partial charge in [0.2, 0.25) is 0 Å². The monoisotopic (exact) mass is 612 g/mol. The van der Waals surface area contributed by atoms with Crippen LogP contribution in [-0.4, -0.2) is 11.9 Å². The van der Waals surface area contributed by atoms with Gasteiger partial charge in [-0.3, -0.25) is 0 Å². The Labute approximate surface area is 252 Å². The van der Waals surface area contributed by atoms with Crippen LogP contribution < -0.4 is 9.47 Å². The van der Waals surface area contributed by atoms with E-state index >= 15 is 0 Å². The van der Waals surface area contributed by atoms with Crippen LogP contribution in [0, 0.1) is 0 Å². The zero-order valence-electron chi connectivity index (χ0n) is 21.3. The Kier molecular flexibility index (Phi) is 8.72. The summed E-state index contributed by atoms with van der Waals surface area (Å²) in [5.74, 6) is -0.249. The van der Waals surface area contributed by atoms with Gasteiger partial charge in [0.05, 0.1) is 21.2 Å². The minimum atomic E-state index is -0.549. The maximum absolute atomic E-state index is 12.7. The molecule has 4 nitrogen and oxygen atoms in total. The predicted molar refractivity (Wildman–Crippen MR) is 160 cm³/mol. The highest BCUT2D eigenvalue weighted by Crippen LogP contribution is 2.45. The highest BCUT2D eigenvalue weighted by Gasteiger charge is 2.35. The van der Waals surface area contributed by atoms with Crippen LogP contribution in [0.1, 0.15) is 63.9 Å². The topological polar surface area (TPSA) is 52.6 Å². The molecule has 0 spiro atoms. The molecule has 1 saturated carbocycles. The van der Waals surface area contributed by atoms with Crippen LogP contribution in [0.4, 0.5) is 0 Å². The summed E-state index contributed by atoms with van der Waals surface area (Å²) >= 11 is 24.2. The standard InChI is InChI=1S/C32H24Cl4O4/c33-22-8-14-26(28(35)18-22)30(37)39-24-10-4-20(5-11-24)32(16-2-1-3-17-32)21-6-12-25(13-7-21)40-31(38)27-15-9-23(34)19-29(27)36/h4-15,18-19H,1-3,16-17H2. The molecule has 0 N–H and O–H groups in total. The third kappa shape index (κ3) is 6.16. The van der Waals surface area contributed by atoms with Gasteiger partial charge in [-0.1, -0.05) is 89.9 Å². The average molecular weight is 614 g/mol. The molecule has 1 aliphatic carbocycles. The molecule has 0 unspecified atom stereocenters. The lowest BCUT2D eigenvalue weighted by Crippen LogP contribution is -2.30. The Bertz CT molecular complexity index is 1430. The largest absolute Gasteiger partial charge is 0.423 e. The van der Waals surface area contributed by atoms with Gasteiger partial charge < -0.3 is 9.47 Å². The summed E-state index contributed by atoms with van der Waals surface area (Å²) in [6.45, 7) is 0. The summed E-state index contributed by atoms with van der Waals surface area (Å²) < 4.78 is 11.1. The van der Waals surface area contributed by atoms with Crippen LogP contribution in [-0.2, 0) is 5.41 Å². The van der Waals surface area contributed by atoms with Crippen LogP contribution in [0.15, 0.2) is 84.9 Å². The molecule has 8 heteroatoms. The zero-order valence-corrected chi connectivity index (χ0v) is 24.3. The van der Waals surface area contributed by atoms with E-state index in [1.165, 1.54) is 18.6 Å². The summed E-state index contributed by atoms with van der Waals surface area (Å²) in [7, 11) is 0. The molecule has 0 aliphatic heterocycles. The molecule has 5 rings (SSSR count). The van der Waals surface area contributed by atoms with Gasteiger partial charge in [0.15, 0.2) is 0 Å². The number of carbonyl (C=O) groups is 2. The second-order valence-electron chi connectivity index (χ2n) is 9.72. The fourth-order valence-electron chi connectivity index (χ4n) is 5.22. The molecule has 4 aromatic rings. The third-order valence-corrected chi connectivity index (χ3v) is 8.34. The van der Waals surface area contributed by atoms with E-state index in [2.05, 4.69) is 0 Å². The fourth-order valence-corrected chi connectivity index (χ4v) is 6.19. The van der Waals surface area contributed by atoms with Gasteiger partial charge in [-0.2, -0.15) is 0 Å². The van der Waals surface area contributed by atoms with Crippen molar-refractivity contribution in [1.29, 1.82) is 0 Å². The van der Waals surface area contributed by atoms with Gasteiger partial charge in [0.1, 0.15) is 11.5 Å². The molecule has 0 saturated heterocycles. The van der Waals surface area contributed by atoms with Crippen molar-refractivity contribution in [2.45, 2.75) is 37.5 Å². The lowest BCUT2D eigenvalue weighted by molar-refractivity contribution is 0.0725. The van der Waals surface area contributed by atoms with E-state index in [9.17, 15) is 9.59 Å². The fraction of sp³-hybridized carbons (Fsp3) is 0.188. The van der Waals surface area contributed by atoms with Gasteiger partial charge in [-0.25, -0.2) is 9.59 Å². The molecule has 0 radical (unpaired) electrons. The molecule has 1 aliphatic rings. The Hall–Kier alpha value is -3.02. The average Bonchev–Trinajstić information content (AvgIpc) is 2.94. The van der Waals surface area contributed by atoms with Gasteiger partial charge in [-0.15, -0.1) is 0 Å². The van der Waals surface area contributed by atoms with Crippen molar-refractivity contribution in [3.63, 3.8) is 0 Å². The highest BCUT2D eigenvalue weighted by molar-refractivity contribution is 6.37. The van der Waals surface area contributed by atoms with Crippen molar-refractivity contribution < 1.29 is 19.1 Å². The molecule has 0 bridgehead atoms. The molecule has 40 heavy (non-hydrogen) atoms. The minimum Gasteiger partial charge on any atom is -0.423 e. The summed E-state index contributed by atoms with van der Waals surface area (Å²) in [6.07, 6.45) is 5.32. The quantitative estimate of drug-likeness (QED) is 0.160. The lowest BCUT2D eigenvalue weighted by Gasteiger charge is -2.38. The summed E-state index contributed by atoms with van der Waals surface area (Å²) in [6, 6.07) is 24.6. The van der Waals surface area contributed by atoms with E-state index < -0.39 is 11.9 Å². The van der Waals surface area contributed by atoms with Crippen LogP contribution in [0.25, 0.3) is 0 Å². The number of carbonyl (C=O) groups excluding carboxylic acids is 2. The molecule has 0 atom stereocenters. The van der Waals surface area contributed by atoms with E-state index in [1.54, 1.807) is 48.5 Å². The molecule has 4 aromatic carbocycles. The summed E-state index contributed by atoms with van der Waals surface area (Å²) in [5, 5.41) is 1.36. The molecular weight excluding hydrogens is 590 g/mol. The van der Waals surface area contributed by atoms with Gasteiger partial charge in [0.25, 0.3) is 0 Å². The Balaban J connectivity index is 1.35. The van der Waals surface area contributed by atoms with Gasteiger partial charge >= 0.3 is 11.9 Å². The van der Waals surface area contributed by atoms with Crippen LogP contribution in [0.3, 0.4) is 0 Å². The maximum Gasteiger partial charge on any atom is 0.345 e. The molecule has 0 amide bonds. The van der Waals surface area contributed by atoms with Crippen molar-refractivity contribution in [3.8, 4) is 11.5 Å². The first-order valence-corrected chi connectivity index (χ1v) is 14.3. The summed E-state index contributed by atoms with van der Waals surface area (Å²) in [4.78, 5) is 25.3. The molecule has 1 fully saturated rings. The second kappa shape index (κ2) is 12.2. The molecule has 204 valence electrons. The first-order chi connectivity index (χ1) is 19.2. The van der Waals surface area contributed by atoms with Crippen molar-refractivity contribution in [2.24, 2.45) is 0 Å². The van der Waals surface area contributed by atoms with Crippen molar-refractivity contribution in [3.05, 3.63) is 127 Å². The first-order valence-electron chi connectivity index (χ1n) is 12.8. The number of hydrogen-bond acceptors (Lipinski definition) is 4. The van der Waals surface area contributed by atoms with E-state index in [1.807, 2.05) is 24.3 Å². The predicted octanol–water partition coefficient (Wildman–Crippen LogP) is 9.99. The second-order valence-corrected chi connectivity index (χ2v) is 11.4. The van der Waals surface area contributed by atoms with E-state index in [0.717, 1.165) is 36.8 Å². The smallest absolute Gasteiger partial charge is 0.345 e. The van der Waals surface area contributed by atoms with Gasteiger partial charge in [-0.05, 0) is 84.6 Å². The number of halogens is 4. The first kappa shape index (κ1) is 28.5. The van der Waals surface area contributed by atoms with E-state index in [0.29, 0.717) is 21.5 Å². The molecule has 0 heterocycles. The van der Waals surface area contributed by atoms with Crippen LogP contribution in [0.2, 0.25) is 20.1 Å². The van der Waals surface area contributed by atoms with E-state index in [-0.39, 0.29) is 26.6 Å². The minimum absolute atomic E-state index is 0.206. The van der Waals surface area contributed by atoms with Crippen molar-refractivity contribution in [2.75, 3.05) is 0 Å². The number of rotatable bonds is 6. The SMILES string of the molecule is O=C(Oc1ccc(C2(c3ccc(OC(=O)c4ccc(Cl)cc4Cl)cc3)CCCCC2)cc1)c1ccc(Cl)cc1Cl. The van der Waals surface area contributed by atoms with Crippen LogP contribution in [0.5, 0.6) is 11.5 Å². The maximum atomic E-state index is 12.7. The number of benzene rings is 4. The molecule has 0 aromatic heterocycles. The zero-order chi connectivity index (χ0) is 28.3. The number of ether oxygens (including phenoxy) is 2. The van der Waals surface area contributed by atoms with E-state index in [4.69, 9.17) is 55.9 Å². The highest BCUT2D eigenvalue weighted by atomic mass is 35.5. The third-order valence-electron chi connectivity index (χ3n) is 7.24.